The van der Waals surface area contributed by atoms with Crippen molar-refractivity contribution < 1.29 is 16.8 Å². The lowest BCUT2D eigenvalue weighted by atomic mass is 10.4. The summed E-state index contributed by atoms with van der Waals surface area (Å²) in [5.74, 6) is -0.210. The highest BCUT2D eigenvalue weighted by Crippen LogP contribution is 2.20. The van der Waals surface area contributed by atoms with Gasteiger partial charge < -0.3 is 0 Å². The van der Waals surface area contributed by atoms with E-state index in [1.54, 1.807) is 13.8 Å². The minimum Gasteiger partial charge on any atom is -0.281 e. The third-order valence-corrected chi connectivity index (χ3v) is 5.55. The van der Waals surface area contributed by atoms with Crippen molar-refractivity contribution in [2.24, 2.45) is 0 Å². The van der Waals surface area contributed by atoms with Gasteiger partial charge in [-0.1, -0.05) is 0 Å². The molecule has 0 aliphatic rings. The molecule has 0 atom stereocenters. The Hall–Kier alpha value is -0.930. The fourth-order valence-electron chi connectivity index (χ4n) is 1.49. The average Bonchev–Trinajstić information content (AvgIpc) is 2.54. The van der Waals surface area contributed by atoms with E-state index in [1.165, 1.54) is 7.05 Å². The Bertz CT molecular complexity index is 611. The number of sulfonamides is 1. The van der Waals surface area contributed by atoms with Crippen LogP contribution in [0.15, 0.2) is 4.90 Å². The monoisotopic (exact) mass is 295 g/mol. The van der Waals surface area contributed by atoms with E-state index in [0.29, 0.717) is 11.4 Å². The second kappa shape index (κ2) is 4.98. The minimum atomic E-state index is -3.70. The summed E-state index contributed by atoms with van der Waals surface area (Å²) in [6.45, 7) is 3.11. The van der Waals surface area contributed by atoms with E-state index < -0.39 is 19.9 Å². The maximum absolute atomic E-state index is 12.2. The number of sulfone groups is 1. The summed E-state index contributed by atoms with van der Waals surface area (Å²) >= 11 is 0. The van der Waals surface area contributed by atoms with Gasteiger partial charge in [0.15, 0.2) is 0 Å². The maximum atomic E-state index is 12.2. The summed E-state index contributed by atoms with van der Waals surface area (Å²) in [6.07, 6.45) is 1.07. The molecular formula is C9H17N3O4S2. The summed E-state index contributed by atoms with van der Waals surface area (Å²) in [6, 6.07) is 0. The highest BCUT2D eigenvalue weighted by Gasteiger charge is 2.27. The molecule has 1 heterocycles. The summed E-state index contributed by atoms with van der Waals surface area (Å²) in [4.78, 5) is 0.110. The maximum Gasteiger partial charge on any atom is 0.246 e. The second-order valence-electron chi connectivity index (χ2n) is 4.22. The van der Waals surface area contributed by atoms with Crippen molar-refractivity contribution >= 4 is 19.9 Å². The molecular weight excluding hydrogens is 278 g/mol. The first-order chi connectivity index (χ1) is 8.05. The van der Waals surface area contributed by atoms with Crippen molar-refractivity contribution in [2.75, 3.05) is 25.6 Å². The molecule has 0 saturated heterocycles. The topological polar surface area (TPSA) is 100 Å². The Labute approximate surface area is 107 Å². The predicted molar refractivity (Wildman–Crippen MR) is 67.6 cm³/mol. The highest BCUT2D eigenvalue weighted by atomic mass is 32.2. The van der Waals surface area contributed by atoms with E-state index in [-0.39, 0.29) is 17.2 Å². The van der Waals surface area contributed by atoms with Gasteiger partial charge in [-0.05, 0) is 13.8 Å². The lowest BCUT2D eigenvalue weighted by Crippen LogP contribution is -2.32. The zero-order chi connectivity index (χ0) is 14.1. The van der Waals surface area contributed by atoms with E-state index in [9.17, 15) is 16.8 Å². The van der Waals surface area contributed by atoms with Gasteiger partial charge in [-0.2, -0.15) is 9.40 Å². The molecule has 0 saturated carbocycles. The van der Waals surface area contributed by atoms with Crippen molar-refractivity contribution in [1.82, 2.24) is 14.5 Å². The average molecular weight is 295 g/mol. The zero-order valence-corrected chi connectivity index (χ0v) is 12.4. The van der Waals surface area contributed by atoms with E-state index in [2.05, 4.69) is 10.2 Å². The van der Waals surface area contributed by atoms with Crippen LogP contribution in [-0.2, 0) is 19.9 Å². The number of aromatic nitrogens is 2. The number of nitrogens with one attached hydrogen (secondary N) is 1. The SMILES string of the molecule is Cc1n[nH]c(C)c1S(=O)(=O)N(C)CCS(C)(=O)=O. The molecule has 0 fully saturated rings. The van der Waals surface area contributed by atoms with Crippen LogP contribution < -0.4 is 0 Å². The molecule has 0 amide bonds. The first-order valence-corrected chi connectivity index (χ1v) is 8.71. The van der Waals surface area contributed by atoms with Gasteiger partial charge in [0.2, 0.25) is 10.0 Å². The molecule has 0 bridgehead atoms. The lowest BCUT2D eigenvalue weighted by molar-refractivity contribution is 0.484. The summed E-state index contributed by atoms with van der Waals surface area (Å²) in [5.41, 5.74) is 0.817. The minimum absolute atomic E-state index is 0.0781. The Morgan fingerprint density at radius 3 is 2.17 bits per heavy atom. The first-order valence-electron chi connectivity index (χ1n) is 5.21. The van der Waals surface area contributed by atoms with Crippen LogP contribution in [0.1, 0.15) is 11.4 Å². The van der Waals surface area contributed by atoms with Gasteiger partial charge in [-0.3, -0.25) is 5.10 Å². The number of H-pyrrole nitrogens is 1. The molecule has 1 rings (SSSR count). The molecule has 18 heavy (non-hydrogen) atoms. The Morgan fingerprint density at radius 1 is 1.22 bits per heavy atom. The number of nitrogens with zero attached hydrogens (tertiary/aromatic N) is 2. The van der Waals surface area contributed by atoms with E-state index in [1.807, 2.05) is 0 Å². The van der Waals surface area contributed by atoms with Crippen LogP contribution >= 0.6 is 0 Å². The first kappa shape index (κ1) is 15.1. The largest absolute Gasteiger partial charge is 0.281 e. The molecule has 1 aromatic heterocycles. The van der Waals surface area contributed by atoms with Crippen LogP contribution in [-0.4, -0.2) is 56.9 Å². The van der Waals surface area contributed by atoms with Gasteiger partial charge in [0.05, 0.1) is 17.1 Å². The number of hydrogen-bond donors (Lipinski definition) is 1. The third kappa shape index (κ3) is 3.30. The molecule has 0 spiro atoms. The Kier molecular flexibility index (Phi) is 4.19. The van der Waals surface area contributed by atoms with Gasteiger partial charge in [0.1, 0.15) is 14.7 Å². The second-order valence-corrected chi connectivity index (χ2v) is 8.46. The lowest BCUT2D eigenvalue weighted by Gasteiger charge is -2.16. The highest BCUT2D eigenvalue weighted by molar-refractivity contribution is 7.91. The summed E-state index contributed by atoms with van der Waals surface area (Å²) < 4.78 is 47.6. The van der Waals surface area contributed by atoms with Crippen LogP contribution in [0.4, 0.5) is 0 Å². The van der Waals surface area contributed by atoms with Crippen molar-refractivity contribution in [3.8, 4) is 0 Å². The molecule has 1 aromatic rings. The number of hydrogen-bond acceptors (Lipinski definition) is 5. The van der Waals surface area contributed by atoms with Crippen LogP contribution in [0.25, 0.3) is 0 Å². The molecule has 0 radical (unpaired) electrons. The van der Waals surface area contributed by atoms with Crippen molar-refractivity contribution in [3.63, 3.8) is 0 Å². The van der Waals surface area contributed by atoms with E-state index >= 15 is 0 Å². The smallest absolute Gasteiger partial charge is 0.246 e. The Balaban J connectivity index is 3.01. The third-order valence-electron chi connectivity index (χ3n) is 2.51. The van der Waals surface area contributed by atoms with Crippen LogP contribution in [0, 0.1) is 13.8 Å². The zero-order valence-electron chi connectivity index (χ0n) is 10.8. The molecule has 0 unspecified atom stereocenters. The van der Waals surface area contributed by atoms with Gasteiger partial charge >= 0.3 is 0 Å². The molecule has 0 aliphatic carbocycles. The van der Waals surface area contributed by atoms with Crippen LogP contribution in [0.2, 0.25) is 0 Å². The number of aryl methyl sites for hydroxylation is 2. The predicted octanol–water partition coefficient (Wildman–Crippen LogP) is -0.308. The van der Waals surface area contributed by atoms with E-state index in [4.69, 9.17) is 0 Å². The fourth-order valence-corrected chi connectivity index (χ4v) is 3.71. The van der Waals surface area contributed by atoms with Crippen molar-refractivity contribution in [1.29, 1.82) is 0 Å². The molecule has 9 heteroatoms. The van der Waals surface area contributed by atoms with Crippen LogP contribution in [0.3, 0.4) is 0 Å². The fraction of sp³-hybridized carbons (Fsp3) is 0.667. The van der Waals surface area contributed by atoms with E-state index in [0.717, 1.165) is 10.6 Å². The molecule has 1 N–H and O–H groups in total. The summed E-state index contributed by atoms with van der Waals surface area (Å²) in [7, 11) is -5.55. The standard InChI is InChI=1S/C9H17N3O4S2/c1-7-9(8(2)11-10-7)18(15,16)12(3)5-6-17(4,13)14/h5-6H2,1-4H3,(H,10,11). The van der Waals surface area contributed by atoms with Crippen molar-refractivity contribution in [3.05, 3.63) is 11.4 Å². The van der Waals surface area contributed by atoms with Crippen LogP contribution in [0.5, 0.6) is 0 Å². The van der Waals surface area contributed by atoms with Gasteiger partial charge in [0.25, 0.3) is 0 Å². The van der Waals surface area contributed by atoms with Gasteiger partial charge in [0, 0.05) is 19.8 Å². The molecule has 104 valence electrons. The van der Waals surface area contributed by atoms with Gasteiger partial charge in [-0.15, -0.1) is 0 Å². The van der Waals surface area contributed by atoms with Crippen molar-refractivity contribution in [2.45, 2.75) is 18.7 Å². The number of aromatic amines is 1. The van der Waals surface area contributed by atoms with Gasteiger partial charge in [-0.25, -0.2) is 16.8 Å². The normalized spacial score (nSPS) is 13.2. The summed E-state index contributed by atoms with van der Waals surface area (Å²) in [5, 5.41) is 6.42. The Morgan fingerprint density at radius 2 is 1.78 bits per heavy atom. The molecule has 0 aromatic carbocycles. The molecule has 0 aliphatic heterocycles. The molecule has 7 nitrogen and oxygen atoms in total. The number of rotatable bonds is 5. The quantitative estimate of drug-likeness (QED) is 0.803.